The molecule has 0 unspecified atom stereocenters. The van der Waals surface area contributed by atoms with Crippen molar-refractivity contribution in [1.82, 2.24) is 0 Å². The Labute approximate surface area is 82.1 Å². The fourth-order valence-corrected chi connectivity index (χ4v) is 4.01. The van der Waals surface area contributed by atoms with Gasteiger partial charge in [-0.1, -0.05) is 20.8 Å². The fourth-order valence-electron chi connectivity index (χ4n) is 4.01. The van der Waals surface area contributed by atoms with Crippen LogP contribution in [0.5, 0.6) is 0 Å². The molecule has 0 radical (unpaired) electrons. The molecule has 0 spiro atoms. The largest absolute Gasteiger partial charge is 0.330 e. The smallest absolute Gasteiger partial charge is 0.00744 e. The summed E-state index contributed by atoms with van der Waals surface area (Å²) in [4.78, 5) is 0. The van der Waals surface area contributed by atoms with Gasteiger partial charge in [0.15, 0.2) is 0 Å². The van der Waals surface area contributed by atoms with Crippen LogP contribution >= 0.6 is 0 Å². The molecule has 13 heavy (non-hydrogen) atoms. The van der Waals surface area contributed by atoms with Crippen LogP contribution in [0.2, 0.25) is 0 Å². The number of hydrogen-bond donors (Lipinski definition) is 1. The minimum Gasteiger partial charge on any atom is -0.330 e. The zero-order chi connectivity index (χ0) is 9.69. The topological polar surface area (TPSA) is 26.0 Å². The van der Waals surface area contributed by atoms with Gasteiger partial charge in [-0.25, -0.2) is 0 Å². The van der Waals surface area contributed by atoms with Crippen LogP contribution < -0.4 is 5.73 Å². The van der Waals surface area contributed by atoms with E-state index in [-0.39, 0.29) is 0 Å². The van der Waals surface area contributed by atoms with E-state index in [9.17, 15) is 0 Å². The lowest BCUT2D eigenvalue weighted by Crippen LogP contribution is -2.33. The van der Waals surface area contributed by atoms with Gasteiger partial charge >= 0.3 is 0 Å². The molecule has 2 bridgehead atoms. The van der Waals surface area contributed by atoms with E-state index < -0.39 is 0 Å². The van der Waals surface area contributed by atoms with Crippen molar-refractivity contribution >= 4 is 0 Å². The van der Waals surface area contributed by atoms with Crippen molar-refractivity contribution < 1.29 is 0 Å². The third-order valence-corrected chi connectivity index (χ3v) is 5.49. The summed E-state index contributed by atoms with van der Waals surface area (Å²) < 4.78 is 0. The maximum atomic E-state index is 5.69. The first-order valence-electron chi connectivity index (χ1n) is 5.72. The predicted octanol–water partition coefficient (Wildman–Crippen LogP) is 2.80. The SMILES string of the molecule is CC1(C)[C@H]2CC[C@@]1(C)[C@H](CCN)C2. The van der Waals surface area contributed by atoms with E-state index in [0.717, 1.165) is 18.4 Å². The first-order valence-corrected chi connectivity index (χ1v) is 5.72. The second kappa shape index (κ2) is 2.73. The standard InChI is InChI=1S/C12H23N/c1-11(2)9-4-6-12(11,3)10(8-9)5-7-13/h9-10H,4-8,13H2,1-3H3/t9-,10+,12-/m0/s1. The highest BCUT2D eigenvalue weighted by Crippen LogP contribution is 2.68. The summed E-state index contributed by atoms with van der Waals surface area (Å²) in [5.41, 5.74) is 6.86. The number of hydrogen-bond acceptors (Lipinski definition) is 1. The van der Waals surface area contributed by atoms with Crippen LogP contribution in [0.1, 0.15) is 46.5 Å². The highest BCUT2D eigenvalue weighted by atomic mass is 14.7. The molecule has 1 heteroatoms. The quantitative estimate of drug-likeness (QED) is 0.696. The highest BCUT2D eigenvalue weighted by Gasteiger charge is 2.60. The number of fused-ring (bicyclic) bond motifs is 2. The van der Waals surface area contributed by atoms with E-state index in [0.29, 0.717) is 10.8 Å². The van der Waals surface area contributed by atoms with Crippen molar-refractivity contribution in [3.05, 3.63) is 0 Å². The van der Waals surface area contributed by atoms with Gasteiger partial charge in [0, 0.05) is 0 Å². The lowest BCUT2D eigenvalue weighted by atomic mass is 9.66. The first kappa shape index (κ1) is 9.51. The average Bonchev–Trinajstić information content (AvgIpc) is 2.37. The van der Waals surface area contributed by atoms with Crippen LogP contribution in [-0.2, 0) is 0 Å². The van der Waals surface area contributed by atoms with E-state index in [2.05, 4.69) is 20.8 Å². The average molecular weight is 181 g/mol. The van der Waals surface area contributed by atoms with Gasteiger partial charge in [0.25, 0.3) is 0 Å². The summed E-state index contributed by atoms with van der Waals surface area (Å²) in [6, 6.07) is 0. The molecule has 0 saturated heterocycles. The summed E-state index contributed by atoms with van der Waals surface area (Å²) in [5.74, 6) is 1.89. The Morgan fingerprint density at radius 1 is 1.31 bits per heavy atom. The second-order valence-corrected chi connectivity index (χ2v) is 5.88. The Hall–Kier alpha value is -0.0400. The van der Waals surface area contributed by atoms with Crippen molar-refractivity contribution in [1.29, 1.82) is 0 Å². The molecule has 2 aliphatic rings. The summed E-state index contributed by atoms with van der Waals surface area (Å²) >= 11 is 0. The summed E-state index contributed by atoms with van der Waals surface area (Å²) in [5, 5.41) is 0. The second-order valence-electron chi connectivity index (χ2n) is 5.88. The molecule has 3 atom stereocenters. The normalized spacial score (nSPS) is 47.1. The first-order chi connectivity index (χ1) is 6.02. The van der Waals surface area contributed by atoms with Gasteiger partial charge in [-0.3, -0.25) is 0 Å². The Balaban J connectivity index is 2.22. The molecule has 2 rings (SSSR count). The molecule has 2 aliphatic carbocycles. The zero-order valence-corrected chi connectivity index (χ0v) is 9.27. The van der Waals surface area contributed by atoms with Gasteiger partial charge in [-0.2, -0.15) is 0 Å². The lowest BCUT2D eigenvalue weighted by molar-refractivity contribution is 0.0991. The maximum Gasteiger partial charge on any atom is -0.00744 e. The Kier molecular flexibility index (Phi) is 1.99. The molecule has 76 valence electrons. The zero-order valence-electron chi connectivity index (χ0n) is 9.27. The lowest BCUT2D eigenvalue weighted by Gasteiger charge is -2.39. The fraction of sp³-hybridized carbons (Fsp3) is 1.00. The van der Waals surface area contributed by atoms with Crippen LogP contribution in [0.3, 0.4) is 0 Å². The molecule has 2 fully saturated rings. The van der Waals surface area contributed by atoms with Crippen LogP contribution in [-0.4, -0.2) is 6.54 Å². The van der Waals surface area contributed by atoms with Crippen LogP contribution in [0.15, 0.2) is 0 Å². The molecule has 2 saturated carbocycles. The van der Waals surface area contributed by atoms with Crippen molar-refractivity contribution in [3.63, 3.8) is 0 Å². The van der Waals surface area contributed by atoms with E-state index in [1.807, 2.05) is 0 Å². The molecular formula is C12H23N. The Morgan fingerprint density at radius 3 is 2.38 bits per heavy atom. The minimum absolute atomic E-state index is 0.576. The van der Waals surface area contributed by atoms with Gasteiger partial charge in [-0.15, -0.1) is 0 Å². The van der Waals surface area contributed by atoms with Gasteiger partial charge in [0.05, 0.1) is 0 Å². The van der Waals surface area contributed by atoms with Gasteiger partial charge in [0.2, 0.25) is 0 Å². The molecule has 0 amide bonds. The van der Waals surface area contributed by atoms with Crippen LogP contribution in [0.25, 0.3) is 0 Å². The maximum absolute atomic E-state index is 5.69. The Morgan fingerprint density at radius 2 is 2.00 bits per heavy atom. The summed E-state index contributed by atoms with van der Waals surface area (Å²) in [6.45, 7) is 8.33. The van der Waals surface area contributed by atoms with Gasteiger partial charge in [0.1, 0.15) is 0 Å². The molecule has 0 aliphatic heterocycles. The molecular weight excluding hydrogens is 158 g/mol. The van der Waals surface area contributed by atoms with E-state index in [4.69, 9.17) is 5.73 Å². The van der Waals surface area contributed by atoms with Crippen molar-refractivity contribution in [2.45, 2.75) is 46.5 Å². The van der Waals surface area contributed by atoms with Gasteiger partial charge < -0.3 is 5.73 Å². The van der Waals surface area contributed by atoms with Gasteiger partial charge in [-0.05, 0) is 54.9 Å². The third kappa shape index (κ3) is 1.03. The monoisotopic (exact) mass is 181 g/mol. The summed E-state index contributed by atoms with van der Waals surface area (Å²) in [7, 11) is 0. The minimum atomic E-state index is 0.576. The third-order valence-electron chi connectivity index (χ3n) is 5.49. The van der Waals surface area contributed by atoms with E-state index in [1.54, 1.807) is 0 Å². The molecule has 0 aromatic heterocycles. The van der Waals surface area contributed by atoms with Crippen LogP contribution in [0, 0.1) is 22.7 Å². The number of nitrogens with two attached hydrogens (primary N) is 1. The van der Waals surface area contributed by atoms with Crippen molar-refractivity contribution in [3.8, 4) is 0 Å². The molecule has 0 aromatic carbocycles. The molecule has 0 heterocycles. The molecule has 2 N–H and O–H groups in total. The summed E-state index contributed by atoms with van der Waals surface area (Å²) in [6.07, 6.45) is 5.59. The predicted molar refractivity (Wildman–Crippen MR) is 56.4 cm³/mol. The number of rotatable bonds is 2. The van der Waals surface area contributed by atoms with Crippen molar-refractivity contribution in [2.75, 3.05) is 6.54 Å². The van der Waals surface area contributed by atoms with Crippen LogP contribution in [0.4, 0.5) is 0 Å². The highest BCUT2D eigenvalue weighted by molar-refractivity contribution is 5.09. The molecule has 1 nitrogen and oxygen atoms in total. The Bertz CT molecular complexity index is 209. The van der Waals surface area contributed by atoms with E-state index >= 15 is 0 Å². The van der Waals surface area contributed by atoms with E-state index in [1.165, 1.54) is 25.7 Å². The van der Waals surface area contributed by atoms with Crippen molar-refractivity contribution in [2.24, 2.45) is 28.4 Å². The molecule has 0 aromatic rings.